The van der Waals surface area contributed by atoms with E-state index in [4.69, 9.17) is 0 Å². The maximum Gasteiger partial charge on any atom is 0.416 e. The van der Waals surface area contributed by atoms with Crippen LogP contribution in [0.25, 0.3) is 0 Å². The van der Waals surface area contributed by atoms with Crippen LogP contribution in [0.5, 0.6) is 0 Å². The van der Waals surface area contributed by atoms with Crippen LogP contribution in [0.15, 0.2) is 72.8 Å². The topological polar surface area (TPSA) is 35.6 Å². The Morgan fingerprint density at radius 1 is 1.00 bits per heavy atom. The minimum Gasteiger partial charge on any atom is -0.378 e. The van der Waals surface area contributed by atoms with E-state index in [0.717, 1.165) is 42.9 Å². The van der Waals surface area contributed by atoms with Gasteiger partial charge in [0.2, 0.25) is 0 Å². The Morgan fingerprint density at radius 3 is 2.38 bits per heavy atom. The average molecular weight is 468 g/mol. The third kappa shape index (κ3) is 5.42. The van der Waals surface area contributed by atoms with E-state index in [0.29, 0.717) is 6.54 Å². The smallest absolute Gasteiger partial charge is 0.378 e. The van der Waals surface area contributed by atoms with Gasteiger partial charge in [-0.25, -0.2) is 0 Å². The van der Waals surface area contributed by atoms with Crippen LogP contribution in [0.3, 0.4) is 0 Å². The summed E-state index contributed by atoms with van der Waals surface area (Å²) in [6.45, 7) is 1.87. The summed E-state index contributed by atoms with van der Waals surface area (Å²) in [5.74, 6) is -0.515. The van der Waals surface area contributed by atoms with Gasteiger partial charge in [0.05, 0.1) is 11.6 Å². The van der Waals surface area contributed by atoms with E-state index in [1.807, 2.05) is 43.3 Å². The van der Waals surface area contributed by atoms with Crippen molar-refractivity contribution in [1.29, 1.82) is 0 Å². The first kappa shape index (κ1) is 23.8. The molecule has 3 aromatic carbocycles. The highest BCUT2D eigenvalue weighted by atomic mass is 19.4. The SMILES string of the molecule is CN(C)c1ccc(C(CNC(=O)c2cccc(C(F)(F)F)c2)N2CCc3ccccc3C2)cc1. The predicted molar refractivity (Wildman–Crippen MR) is 128 cm³/mol. The zero-order valence-corrected chi connectivity index (χ0v) is 19.3. The van der Waals surface area contributed by atoms with Crippen molar-refractivity contribution in [3.63, 3.8) is 0 Å². The summed E-state index contributed by atoms with van der Waals surface area (Å²) in [4.78, 5) is 17.1. The summed E-state index contributed by atoms with van der Waals surface area (Å²) in [5, 5.41) is 2.88. The zero-order valence-electron chi connectivity index (χ0n) is 19.3. The highest BCUT2D eigenvalue weighted by Gasteiger charge is 2.31. The lowest BCUT2D eigenvalue weighted by molar-refractivity contribution is -0.137. The fraction of sp³-hybridized carbons (Fsp3) is 0.296. The van der Waals surface area contributed by atoms with Gasteiger partial charge in [0.15, 0.2) is 0 Å². The Labute approximate surface area is 198 Å². The summed E-state index contributed by atoms with van der Waals surface area (Å²) < 4.78 is 39.2. The van der Waals surface area contributed by atoms with Crippen LogP contribution >= 0.6 is 0 Å². The van der Waals surface area contributed by atoms with Crippen molar-refractivity contribution in [2.75, 3.05) is 32.1 Å². The van der Waals surface area contributed by atoms with E-state index in [-0.39, 0.29) is 11.6 Å². The van der Waals surface area contributed by atoms with Crippen LogP contribution in [0, 0.1) is 0 Å². The monoisotopic (exact) mass is 467 g/mol. The number of nitrogens with zero attached hydrogens (tertiary/aromatic N) is 2. The van der Waals surface area contributed by atoms with E-state index in [1.54, 1.807) is 0 Å². The standard InChI is InChI=1S/C27H28F3N3O/c1-32(2)24-12-10-20(11-13-24)25(33-15-14-19-6-3-4-7-22(19)18-33)17-31-26(34)21-8-5-9-23(16-21)27(28,29)30/h3-13,16,25H,14-15,17-18H2,1-2H3,(H,31,34). The second-order valence-corrected chi connectivity index (χ2v) is 8.78. The second-order valence-electron chi connectivity index (χ2n) is 8.78. The zero-order chi connectivity index (χ0) is 24.3. The molecule has 0 saturated heterocycles. The molecule has 34 heavy (non-hydrogen) atoms. The van der Waals surface area contributed by atoms with Crippen LogP contribution in [-0.4, -0.2) is 38.0 Å². The molecule has 0 radical (unpaired) electrons. The number of anilines is 1. The Balaban J connectivity index is 1.56. The second kappa shape index (κ2) is 9.89. The molecule has 3 aromatic rings. The van der Waals surface area contributed by atoms with E-state index < -0.39 is 17.6 Å². The fourth-order valence-corrected chi connectivity index (χ4v) is 4.36. The molecular formula is C27H28F3N3O. The highest BCUT2D eigenvalue weighted by molar-refractivity contribution is 5.94. The number of carbonyl (C=O) groups excluding carboxylic acids is 1. The Morgan fingerprint density at radius 2 is 1.71 bits per heavy atom. The molecule has 1 unspecified atom stereocenters. The molecule has 1 aliphatic rings. The summed E-state index contributed by atoms with van der Waals surface area (Å²) in [6, 6.07) is 20.9. The highest BCUT2D eigenvalue weighted by Crippen LogP contribution is 2.30. The third-order valence-corrected chi connectivity index (χ3v) is 6.30. The predicted octanol–water partition coefficient (Wildman–Crippen LogP) is 5.30. The fourth-order valence-electron chi connectivity index (χ4n) is 4.36. The molecule has 7 heteroatoms. The van der Waals surface area contributed by atoms with Gasteiger partial charge in [0.25, 0.3) is 5.91 Å². The molecule has 0 fully saturated rings. The van der Waals surface area contributed by atoms with Crippen molar-refractivity contribution in [3.05, 3.63) is 101 Å². The molecule has 4 rings (SSSR count). The van der Waals surface area contributed by atoms with Crippen LogP contribution in [0.1, 0.15) is 38.7 Å². The molecule has 0 bridgehead atoms. The summed E-state index contributed by atoms with van der Waals surface area (Å²) in [6.07, 6.45) is -3.59. The lowest BCUT2D eigenvalue weighted by Crippen LogP contribution is -2.40. The number of alkyl halides is 3. The Bertz CT molecular complexity index is 1140. The first-order valence-corrected chi connectivity index (χ1v) is 11.3. The van der Waals surface area contributed by atoms with Crippen molar-refractivity contribution in [1.82, 2.24) is 10.2 Å². The van der Waals surface area contributed by atoms with Crippen molar-refractivity contribution in [3.8, 4) is 0 Å². The Hall–Kier alpha value is -3.32. The van der Waals surface area contributed by atoms with Gasteiger partial charge in [-0.05, 0) is 53.4 Å². The van der Waals surface area contributed by atoms with Gasteiger partial charge >= 0.3 is 6.18 Å². The van der Waals surface area contributed by atoms with Crippen molar-refractivity contribution >= 4 is 11.6 Å². The molecule has 1 heterocycles. The van der Waals surface area contributed by atoms with Gasteiger partial charge < -0.3 is 10.2 Å². The van der Waals surface area contributed by atoms with Crippen molar-refractivity contribution in [2.24, 2.45) is 0 Å². The van der Waals surface area contributed by atoms with Gasteiger partial charge in [0, 0.05) is 45.0 Å². The van der Waals surface area contributed by atoms with Crippen LogP contribution < -0.4 is 10.2 Å². The number of carbonyl (C=O) groups is 1. The van der Waals surface area contributed by atoms with Crippen LogP contribution in [0.2, 0.25) is 0 Å². The molecule has 0 spiro atoms. The number of benzene rings is 3. The van der Waals surface area contributed by atoms with Gasteiger partial charge in [-0.15, -0.1) is 0 Å². The largest absolute Gasteiger partial charge is 0.416 e. The van der Waals surface area contributed by atoms with Crippen molar-refractivity contribution < 1.29 is 18.0 Å². The molecule has 0 saturated carbocycles. The van der Waals surface area contributed by atoms with Gasteiger partial charge in [-0.2, -0.15) is 13.2 Å². The molecule has 1 atom stereocenters. The number of rotatable bonds is 6. The minimum atomic E-state index is -4.49. The Kier molecular flexibility index (Phi) is 6.93. The maximum atomic E-state index is 13.1. The number of fused-ring (bicyclic) bond motifs is 1. The lowest BCUT2D eigenvalue weighted by Gasteiger charge is -2.36. The molecule has 178 valence electrons. The molecule has 1 aliphatic heterocycles. The first-order chi connectivity index (χ1) is 16.2. The molecular weight excluding hydrogens is 439 g/mol. The molecule has 0 aromatic heterocycles. The molecule has 0 aliphatic carbocycles. The molecule has 4 nitrogen and oxygen atoms in total. The van der Waals surface area contributed by atoms with Gasteiger partial charge in [-0.1, -0.05) is 42.5 Å². The first-order valence-electron chi connectivity index (χ1n) is 11.3. The lowest BCUT2D eigenvalue weighted by atomic mass is 9.96. The molecule has 1 N–H and O–H groups in total. The third-order valence-electron chi connectivity index (χ3n) is 6.30. The number of amides is 1. The average Bonchev–Trinajstić information content (AvgIpc) is 2.84. The van der Waals surface area contributed by atoms with E-state index in [1.165, 1.54) is 23.3 Å². The summed E-state index contributed by atoms with van der Waals surface area (Å²) in [5.41, 5.74) is 3.87. The van der Waals surface area contributed by atoms with E-state index >= 15 is 0 Å². The number of halogens is 3. The number of hydrogen-bond donors (Lipinski definition) is 1. The summed E-state index contributed by atoms with van der Waals surface area (Å²) >= 11 is 0. The summed E-state index contributed by atoms with van der Waals surface area (Å²) in [7, 11) is 3.95. The van der Waals surface area contributed by atoms with Crippen molar-refractivity contribution in [2.45, 2.75) is 25.2 Å². The van der Waals surface area contributed by atoms with Crippen LogP contribution in [0.4, 0.5) is 18.9 Å². The normalized spacial score (nSPS) is 14.9. The quantitative estimate of drug-likeness (QED) is 0.534. The van der Waals surface area contributed by atoms with Gasteiger partial charge in [0.1, 0.15) is 0 Å². The maximum absolute atomic E-state index is 13.1. The number of nitrogens with one attached hydrogen (secondary N) is 1. The number of hydrogen-bond acceptors (Lipinski definition) is 3. The molecule has 1 amide bonds. The van der Waals surface area contributed by atoms with Gasteiger partial charge in [-0.3, -0.25) is 9.69 Å². The van der Waals surface area contributed by atoms with E-state index in [2.05, 4.69) is 34.5 Å². The van der Waals surface area contributed by atoms with E-state index in [9.17, 15) is 18.0 Å². The van der Waals surface area contributed by atoms with Crippen LogP contribution in [-0.2, 0) is 19.1 Å². The minimum absolute atomic E-state index is 0.000482.